The lowest BCUT2D eigenvalue weighted by molar-refractivity contribution is -0.247. The first-order valence-electron chi connectivity index (χ1n) is 12.0. The predicted octanol–water partition coefficient (Wildman–Crippen LogP) is 2.47. The summed E-state index contributed by atoms with van der Waals surface area (Å²) in [6.45, 7) is 3.82. The van der Waals surface area contributed by atoms with E-state index in [0.717, 1.165) is 31.1 Å². The second kappa shape index (κ2) is 7.13. The van der Waals surface area contributed by atoms with E-state index in [0.29, 0.717) is 38.7 Å². The highest BCUT2D eigenvalue weighted by molar-refractivity contribution is 5.85. The summed E-state index contributed by atoms with van der Waals surface area (Å²) in [5.41, 5.74) is -2.41. The fraction of sp³-hybridized carbons (Fsp3) is 0.800. The van der Waals surface area contributed by atoms with Crippen molar-refractivity contribution in [2.24, 2.45) is 28.6 Å². The number of cyclic esters (lactones) is 1. The van der Waals surface area contributed by atoms with Crippen LogP contribution in [-0.2, 0) is 23.9 Å². The number of esters is 2. The highest BCUT2D eigenvalue weighted by Crippen LogP contribution is 2.69. The normalized spacial score (nSPS) is 49.9. The molecule has 32 heavy (non-hydrogen) atoms. The van der Waals surface area contributed by atoms with Crippen LogP contribution < -0.4 is 0 Å². The van der Waals surface area contributed by atoms with E-state index in [1.807, 2.05) is 0 Å². The molecule has 0 bridgehead atoms. The molecule has 0 aromatic carbocycles. The average molecular weight is 447 g/mol. The molecule has 5 aliphatic rings. The van der Waals surface area contributed by atoms with E-state index in [-0.39, 0.29) is 47.6 Å². The maximum absolute atomic E-state index is 12.7. The average Bonchev–Trinajstić information content (AvgIpc) is 3.27. The Labute approximate surface area is 188 Å². The van der Waals surface area contributed by atoms with Crippen molar-refractivity contribution in [1.29, 1.82) is 0 Å². The number of fused-ring (bicyclic) bond motifs is 5. The first-order valence-corrected chi connectivity index (χ1v) is 12.0. The van der Waals surface area contributed by atoms with Gasteiger partial charge in [-0.1, -0.05) is 6.92 Å². The van der Waals surface area contributed by atoms with Gasteiger partial charge >= 0.3 is 11.9 Å². The zero-order valence-corrected chi connectivity index (χ0v) is 19.0. The first kappa shape index (κ1) is 22.1. The molecule has 4 saturated carbocycles. The van der Waals surface area contributed by atoms with Crippen molar-refractivity contribution in [2.45, 2.75) is 88.9 Å². The largest absolute Gasteiger partial charge is 0.462 e. The Morgan fingerprint density at radius 1 is 1.12 bits per heavy atom. The molecule has 4 aliphatic carbocycles. The molecule has 5 rings (SSSR count). The molecule has 7 nitrogen and oxygen atoms in total. The third kappa shape index (κ3) is 2.89. The topological polar surface area (TPSA) is 110 Å². The van der Waals surface area contributed by atoms with Crippen LogP contribution in [0.1, 0.15) is 71.6 Å². The van der Waals surface area contributed by atoms with Crippen molar-refractivity contribution in [1.82, 2.24) is 0 Å². The van der Waals surface area contributed by atoms with E-state index in [9.17, 15) is 24.6 Å². The Balaban J connectivity index is 1.45. The van der Waals surface area contributed by atoms with E-state index in [1.54, 1.807) is 6.08 Å². The Morgan fingerprint density at radius 3 is 2.53 bits per heavy atom. The number of hydrogen-bond acceptors (Lipinski definition) is 7. The van der Waals surface area contributed by atoms with Gasteiger partial charge in [0.15, 0.2) is 0 Å². The monoisotopic (exact) mass is 446 g/mol. The Hall–Kier alpha value is -1.73. The highest BCUT2D eigenvalue weighted by atomic mass is 16.5. The molecule has 7 heteroatoms. The maximum Gasteiger partial charge on any atom is 0.331 e. The number of carbonyl (C=O) groups is 3. The number of rotatable bonds is 3. The molecule has 0 unspecified atom stereocenters. The van der Waals surface area contributed by atoms with Crippen LogP contribution in [0.25, 0.3) is 0 Å². The minimum atomic E-state index is -1.22. The van der Waals surface area contributed by atoms with Crippen molar-refractivity contribution >= 4 is 18.2 Å². The van der Waals surface area contributed by atoms with E-state index in [4.69, 9.17) is 9.47 Å². The van der Waals surface area contributed by atoms with Gasteiger partial charge in [0, 0.05) is 19.4 Å². The standard InChI is InChI=1S/C25H34O7/c1-15(27)32-18-3-7-23(14-26)19-4-6-22(2)10-17(16-9-21(28)31-13-16)11-25(22,30)20(19)5-8-24(23,29)12-18/h9,14,17-20,29-30H,3-8,10-13H2,1-2H3/t17-,18+,19+,20-,22-,23+,24+,25-/m1/s1. The van der Waals surface area contributed by atoms with Gasteiger partial charge < -0.3 is 24.5 Å². The van der Waals surface area contributed by atoms with Gasteiger partial charge in [0.2, 0.25) is 0 Å². The summed E-state index contributed by atoms with van der Waals surface area (Å²) in [7, 11) is 0. The molecule has 0 saturated heterocycles. The van der Waals surface area contributed by atoms with E-state index in [2.05, 4.69) is 6.92 Å². The summed E-state index contributed by atoms with van der Waals surface area (Å²) >= 11 is 0. The van der Waals surface area contributed by atoms with E-state index >= 15 is 0 Å². The predicted molar refractivity (Wildman–Crippen MR) is 113 cm³/mol. The van der Waals surface area contributed by atoms with Gasteiger partial charge in [-0.15, -0.1) is 0 Å². The first-order chi connectivity index (χ1) is 15.1. The van der Waals surface area contributed by atoms with Crippen LogP contribution in [0.2, 0.25) is 0 Å². The van der Waals surface area contributed by atoms with Crippen LogP contribution in [0.5, 0.6) is 0 Å². The molecule has 0 amide bonds. The number of ether oxygens (including phenoxy) is 2. The fourth-order valence-corrected chi connectivity index (χ4v) is 8.44. The van der Waals surface area contributed by atoms with Crippen LogP contribution in [0.15, 0.2) is 11.6 Å². The third-order valence-corrected chi connectivity index (χ3v) is 10.00. The van der Waals surface area contributed by atoms with Crippen LogP contribution in [0, 0.1) is 28.6 Å². The molecule has 0 spiro atoms. The van der Waals surface area contributed by atoms with E-state index < -0.39 is 16.6 Å². The Kier molecular flexibility index (Phi) is 4.92. The number of carbonyl (C=O) groups excluding carboxylic acids is 3. The minimum Gasteiger partial charge on any atom is -0.462 e. The van der Waals surface area contributed by atoms with Crippen molar-refractivity contribution in [3.63, 3.8) is 0 Å². The zero-order valence-electron chi connectivity index (χ0n) is 19.0. The minimum absolute atomic E-state index is 0.0828. The second-order valence-electron chi connectivity index (χ2n) is 11.4. The Morgan fingerprint density at radius 2 is 1.88 bits per heavy atom. The van der Waals surface area contributed by atoms with Gasteiger partial charge in [0.1, 0.15) is 19.0 Å². The number of aldehydes is 1. The van der Waals surface area contributed by atoms with Crippen LogP contribution in [0.4, 0.5) is 0 Å². The molecule has 1 aliphatic heterocycles. The van der Waals surface area contributed by atoms with Crippen LogP contribution >= 0.6 is 0 Å². The summed E-state index contributed by atoms with van der Waals surface area (Å²) in [4.78, 5) is 35.8. The summed E-state index contributed by atoms with van der Waals surface area (Å²) < 4.78 is 10.5. The van der Waals surface area contributed by atoms with Crippen molar-refractivity contribution in [3.8, 4) is 0 Å². The Bertz CT molecular complexity index is 882. The van der Waals surface area contributed by atoms with E-state index in [1.165, 1.54) is 6.92 Å². The molecular formula is C25H34O7. The number of aliphatic hydroxyl groups is 2. The van der Waals surface area contributed by atoms with Crippen molar-refractivity contribution in [3.05, 3.63) is 11.6 Å². The molecule has 0 radical (unpaired) electrons. The molecule has 0 aromatic heterocycles. The summed E-state index contributed by atoms with van der Waals surface area (Å²) in [6.07, 6.45) is 7.44. The van der Waals surface area contributed by atoms with Crippen LogP contribution in [-0.4, -0.2) is 52.4 Å². The second-order valence-corrected chi connectivity index (χ2v) is 11.4. The lowest BCUT2D eigenvalue weighted by Crippen LogP contribution is -2.68. The van der Waals surface area contributed by atoms with Crippen molar-refractivity contribution < 1.29 is 34.1 Å². The lowest BCUT2D eigenvalue weighted by Gasteiger charge is -2.64. The third-order valence-electron chi connectivity index (χ3n) is 10.00. The zero-order chi connectivity index (χ0) is 22.9. The molecular weight excluding hydrogens is 412 g/mol. The maximum atomic E-state index is 12.7. The molecule has 8 atom stereocenters. The summed E-state index contributed by atoms with van der Waals surface area (Å²) in [5.74, 6) is -0.765. The van der Waals surface area contributed by atoms with Crippen molar-refractivity contribution in [2.75, 3.05) is 6.61 Å². The van der Waals surface area contributed by atoms with Gasteiger partial charge in [0.05, 0.1) is 16.6 Å². The smallest absolute Gasteiger partial charge is 0.331 e. The fourth-order valence-electron chi connectivity index (χ4n) is 8.44. The lowest BCUT2D eigenvalue weighted by atomic mass is 9.42. The molecule has 1 heterocycles. The molecule has 176 valence electrons. The molecule has 4 fully saturated rings. The van der Waals surface area contributed by atoms with Gasteiger partial charge in [-0.25, -0.2) is 4.79 Å². The van der Waals surface area contributed by atoms with Gasteiger partial charge in [-0.2, -0.15) is 0 Å². The number of hydrogen-bond donors (Lipinski definition) is 2. The summed E-state index contributed by atoms with van der Waals surface area (Å²) in [6, 6.07) is 0. The highest BCUT2D eigenvalue weighted by Gasteiger charge is 2.70. The molecule has 2 N–H and O–H groups in total. The summed E-state index contributed by atoms with van der Waals surface area (Å²) in [5, 5.41) is 23.9. The van der Waals surface area contributed by atoms with Gasteiger partial charge in [-0.3, -0.25) is 4.79 Å². The SMILES string of the molecule is CC(=O)O[C@H]1CC[C@]2(C=O)[C@H]3CC[C@]4(C)C[C@@H](C5=CC(=O)OC5)C[C@@]4(O)[C@@H]3CC[C@]2(O)C1. The molecule has 0 aromatic rings. The van der Waals surface area contributed by atoms with Gasteiger partial charge in [-0.05, 0) is 80.1 Å². The quantitative estimate of drug-likeness (QED) is 0.506. The van der Waals surface area contributed by atoms with Gasteiger partial charge in [0.25, 0.3) is 0 Å². The van der Waals surface area contributed by atoms with Crippen LogP contribution in [0.3, 0.4) is 0 Å².